The third-order valence-corrected chi connectivity index (χ3v) is 4.03. The lowest BCUT2D eigenvalue weighted by atomic mass is 10.1. The maximum atomic E-state index is 6.20. The number of fused-ring (bicyclic) bond motifs is 3. The first-order valence-corrected chi connectivity index (χ1v) is 6.09. The van der Waals surface area contributed by atoms with Gasteiger partial charge in [0.1, 0.15) is 0 Å². The van der Waals surface area contributed by atoms with Crippen LogP contribution in [0.25, 0.3) is 20.2 Å². The number of rotatable bonds is 0. The fourth-order valence-electron chi connectivity index (χ4n) is 1.77. The van der Waals surface area contributed by atoms with Crippen molar-refractivity contribution in [2.24, 2.45) is 0 Å². The highest BCUT2D eigenvalue weighted by Gasteiger charge is 2.08. The highest BCUT2D eigenvalue weighted by Crippen LogP contribution is 2.39. The minimum Gasteiger partial charge on any atom is -0.135 e. The molecule has 0 saturated carbocycles. The Morgan fingerprint density at radius 3 is 2.60 bits per heavy atom. The smallest absolute Gasteiger partial charge is 0.0513 e. The summed E-state index contributed by atoms with van der Waals surface area (Å²) in [6.07, 6.45) is 0. The predicted molar refractivity (Wildman–Crippen MR) is 69.4 cm³/mol. The van der Waals surface area contributed by atoms with Crippen LogP contribution in [0.1, 0.15) is 0 Å². The number of hydrogen-bond acceptors (Lipinski definition) is 1. The normalized spacial score (nSPS) is 11.3. The lowest BCUT2D eigenvalue weighted by molar-refractivity contribution is 1.83. The second-order valence-corrected chi connectivity index (χ2v) is 5.29. The van der Waals surface area contributed by atoms with Gasteiger partial charge in [-0.3, -0.25) is 0 Å². The van der Waals surface area contributed by atoms with Crippen LogP contribution in [0.5, 0.6) is 0 Å². The van der Waals surface area contributed by atoms with Crippen molar-refractivity contribution in [1.29, 1.82) is 0 Å². The largest absolute Gasteiger partial charge is 0.135 e. The van der Waals surface area contributed by atoms with Crippen molar-refractivity contribution in [1.82, 2.24) is 0 Å². The molecule has 1 heterocycles. The Morgan fingerprint density at radius 1 is 0.933 bits per heavy atom. The van der Waals surface area contributed by atoms with Gasteiger partial charge in [0, 0.05) is 25.2 Å². The molecular weight excluding hydrogens is 247 g/mol. The van der Waals surface area contributed by atoms with E-state index in [0.29, 0.717) is 5.02 Å². The van der Waals surface area contributed by atoms with Crippen molar-refractivity contribution >= 4 is 54.7 Å². The molecule has 0 unspecified atom stereocenters. The fourth-order valence-corrected chi connectivity index (χ4v) is 3.66. The Morgan fingerprint density at radius 2 is 1.73 bits per heavy atom. The van der Waals surface area contributed by atoms with Crippen LogP contribution in [0.2, 0.25) is 10.0 Å². The van der Waals surface area contributed by atoms with Crippen molar-refractivity contribution < 1.29 is 0 Å². The molecule has 0 saturated heterocycles. The quantitative estimate of drug-likeness (QED) is 0.505. The molecule has 15 heavy (non-hydrogen) atoms. The summed E-state index contributed by atoms with van der Waals surface area (Å²) in [6.45, 7) is 0. The first kappa shape index (κ1) is 9.46. The summed E-state index contributed by atoms with van der Waals surface area (Å²) >= 11 is 13.9. The maximum absolute atomic E-state index is 6.20. The Hall–Kier alpha value is -0.760. The average molecular weight is 253 g/mol. The predicted octanol–water partition coefficient (Wildman–Crippen LogP) is 5.36. The Balaban J connectivity index is 2.61. The molecule has 0 aliphatic carbocycles. The van der Waals surface area contributed by atoms with Gasteiger partial charge in [-0.2, -0.15) is 0 Å². The number of benzene rings is 2. The highest BCUT2D eigenvalue weighted by molar-refractivity contribution is 7.26. The first-order valence-electron chi connectivity index (χ1n) is 4.52. The molecule has 1 aromatic heterocycles. The van der Waals surface area contributed by atoms with Crippen molar-refractivity contribution in [3.63, 3.8) is 0 Å². The van der Waals surface area contributed by atoms with E-state index in [9.17, 15) is 0 Å². The summed E-state index contributed by atoms with van der Waals surface area (Å²) in [5.41, 5.74) is 0. The van der Waals surface area contributed by atoms with Gasteiger partial charge in [-0.05, 0) is 18.2 Å². The van der Waals surface area contributed by atoms with Crippen molar-refractivity contribution in [2.45, 2.75) is 0 Å². The van der Waals surface area contributed by atoms with Crippen LogP contribution in [0.4, 0.5) is 0 Å². The molecule has 0 aliphatic heterocycles. The Kier molecular flexibility index (Phi) is 2.13. The summed E-state index contributed by atoms with van der Waals surface area (Å²) in [4.78, 5) is 0. The van der Waals surface area contributed by atoms with Crippen molar-refractivity contribution in [3.8, 4) is 0 Å². The summed E-state index contributed by atoms with van der Waals surface area (Å²) in [7, 11) is 0. The van der Waals surface area contributed by atoms with Crippen molar-refractivity contribution in [3.05, 3.63) is 46.4 Å². The summed E-state index contributed by atoms with van der Waals surface area (Å²) in [5.74, 6) is 0. The first-order chi connectivity index (χ1) is 7.25. The Labute approximate surface area is 101 Å². The van der Waals surface area contributed by atoms with Gasteiger partial charge in [-0.15, -0.1) is 11.3 Å². The molecule has 3 rings (SSSR count). The molecule has 3 heteroatoms. The van der Waals surface area contributed by atoms with Crippen LogP contribution in [-0.4, -0.2) is 0 Å². The molecule has 0 nitrogen and oxygen atoms in total. The number of halogens is 2. The number of hydrogen-bond donors (Lipinski definition) is 0. The van der Waals surface area contributed by atoms with Gasteiger partial charge in [-0.1, -0.05) is 41.4 Å². The van der Waals surface area contributed by atoms with Gasteiger partial charge >= 0.3 is 0 Å². The van der Waals surface area contributed by atoms with Crippen LogP contribution in [0, 0.1) is 0 Å². The van der Waals surface area contributed by atoms with Gasteiger partial charge in [0.2, 0.25) is 0 Å². The molecule has 0 aliphatic rings. The topological polar surface area (TPSA) is 0 Å². The van der Waals surface area contributed by atoms with E-state index in [1.807, 2.05) is 18.2 Å². The van der Waals surface area contributed by atoms with E-state index in [1.54, 1.807) is 17.4 Å². The molecule has 0 atom stereocenters. The van der Waals surface area contributed by atoms with Crippen LogP contribution < -0.4 is 0 Å². The average Bonchev–Trinajstić information content (AvgIpc) is 2.54. The summed E-state index contributed by atoms with van der Waals surface area (Å²) < 4.78 is 2.39. The molecule has 0 bridgehead atoms. The summed E-state index contributed by atoms with van der Waals surface area (Å²) in [6, 6.07) is 12.0. The van der Waals surface area contributed by atoms with E-state index < -0.39 is 0 Å². The van der Waals surface area contributed by atoms with Crippen LogP contribution in [0.3, 0.4) is 0 Å². The van der Waals surface area contributed by atoms with Crippen LogP contribution in [0.15, 0.2) is 36.4 Å². The zero-order chi connectivity index (χ0) is 10.4. The van der Waals surface area contributed by atoms with Gasteiger partial charge < -0.3 is 0 Å². The van der Waals surface area contributed by atoms with E-state index >= 15 is 0 Å². The third kappa shape index (κ3) is 1.43. The van der Waals surface area contributed by atoms with E-state index in [0.717, 1.165) is 15.1 Å². The fraction of sp³-hybridized carbons (Fsp3) is 0. The molecule has 0 radical (unpaired) electrons. The second kappa shape index (κ2) is 3.38. The maximum Gasteiger partial charge on any atom is 0.0513 e. The van der Waals surface area contributed by atoms with Crippen LogP contribution >= 0.6 is 34.5 Å². The zero-order valence-corrected chi connectivity index (χ0v) is 9.96. The monoisotopic (exact) mass is 252 g/mol. The lowest BCUT2D eigenvalue weighted by Gasteiger charge is -1.96. The zero-order valence-electron chi connectivity index (χ0n) is 7.63. The minimum absolute atomic E-state index is 0.694. The SMILES string of the molecule is Clc1cc(Cl)c2c(c1)sc1ccccc12. The van der Waals surface area contributed by atoms with E-state index in [2.05, 4.69) is 12.1 Å². The van der Waals surface area contributed by atoms with Gasteiger partial charge in [-0.25, -0.2) is 0 Å². The van der Waals surface area contributed by atoms with Crippen molar-refractivity contribution in [2.75, 3.05) is 0 Å². The molecule has 0 amide bonds. The lowest BCUT2D eigenvalue weighted by Crippen LogP contribution is -1.69. The molecule has 0 N–H and O–H groups in total. The highest BCUT2D eigenvalue weighted by atomic mass is 35.5. The van der Waals surface area contributed by atoms with Crippen LogP contribution in [-0.2, 0) is 0 Å². The van der Waals surface area contributed by atoms with E-state index in [-0.39, 0.29) is 0 Å². The molecule has 3 aromatic rings. The van der Waals surface area contributed by atoms with Gasteiger partial charge in [0.15, 0.2) is 0 Å². The number of thiophene rings is 1. The van der Waals surface area contributed by atoms with E-state index in [1.165, 1.54) is 10.1 Å². The third-order valence-electron chi connectivity index (χ3n) is 2.40. The summed E-state index contributed by atoms with van der Waals surface area (Å²) in [5, 5.41) is 3.75. The van der Waals surface area contributed by atoms with E-state index in [4.69, 9.17) is 23.2 Å². The Bertz CT molecular complexity index is 655. The second-order valence-electron chi connectivity index (χ2n) is 3.36. The molecule has 0 fully saturated rings. The molecule has 0 spiro atoms. The molecular formula is C12H6Cl2S. The van der Waals surface area contributed by atoms with Gasteiger partial charge in [0.05, 0.1) is 5.02 Å². The minimum atomic E-state index is 0.694. The van der Waals surface area contributed by atoms with Gasteiger partial charge in [0.25, 0.3) is 0 Å². The molecule has 74 valence electrons. The standard InChI is InChI=1S/C12H6Cl2S/c13-7-5-9(14)12-8-3-1-2-4-10(8)15-11(12)6-7/h1-6H. The molecule has 2 aromatic carbocycles.